The topological polar surface area (TPSA) is 70.2 Å². The Morgan fingerprint density at radius 3 is 2.32 bits per heavy atom. The van der Waals surface area contributed by atoms with Crippen LogP contribution in [0.4, 0.5) is 0 Å². The number of hydrogen-bond donors (Lipinski definition) is 3. The molecule has 0 bridgehead atoms. The quantitative estimate of drug-likeness (QED) is 0.706. The molecule has 0 saturated carbocycles. The van der Waals surface area contributed by atoms with Crippen molar-refractivity contribution in [3.05, 3.63) is 34.9 Å². The van der Waals surface area contributed by atoms with E-state index in [1.807, 2.05) is 26.1 Å². The van der Waals surface area contributed by atoms with E-state index in [1.165, 1.54) is 6.92 Å². The van der Waals surface area contributed by atoms with E-state index in [1.54, 1.807) is 12.1 Å². The second kappa shape index (κ2) is 10.4. The van der Waals surface area contributed by atoms with Crippen LogP contribution in [0, 0.1) is 0 Å². The largest absolute Gasteiger partial charge is 0.354 e. The third kappa shape index (κ3) is 7.64. The van der Waals surface area contributed by atoms with Crippen LogP contribution in [0.3, 0.4) is 0 Å². The molecule has 1 aromatic carbocycles. The fourth-order valence-corrected chi connectivity index (χ4v) is 1.95. The van der Waals surface area contributed by atoms with Crippen molar-refractivity contribution < 1.29 is 9.59 Å². The molecule has 2 amide bonds. The Balaban J connectivity index is 0.00000441. The summed E-state index contributed by atoms with van der Waals surface area (Å²) in [7, 11) is 1.84. The molecule has 0 spiro atoms. The molecule has 0 radical (unpaired) electrons. The lowest BCUT2D eigenvalue weighted by Crippen LogP contribution is -2.39. The van der Waals surface area contributed by atoms with Crippen molar-refractivity contribution in [2.45, 2.75) is 32.4 Å². The van der Waals surface area contributed by atoms with Crippen molar-refractivity contribution in [3.8, 4) is 0 Å². The summed E-state index contributed by atoms with van der Waals surface area (Å²) in [5.41, 5.74) is 0.853. The maximum Gasteiger partial charge on any atom is 0.222 e. The molecule has 124 valence electrons. The summed E-state index contributed by atoms with van der Waals surface area (Å²) in [5.74, 6) is -0.280. The average molecular weight is 348 g/mol. The number of nitrogens with one attached hydrogen (secondary N) is 3. The zero-order valence-electron chi connectivity index (χ0n) is 13.0. The molecule has 2 atom stereocenters. The molecule has 0 aliphatic heterocycles. The van der Waals surface area contributed by atoms with E-state index in [2.05, 4.69) is 16.0 Å². The van der Waals surface area contributed by atoms with Gasteiger partial charge >= 0.3 is 0 Å². The maximum atomic E-state index is 12.0. The van der Waals surface area contributed by atoms with Crippen molar-refractivity contribution in [2.75, 3.05) is 13.6 Å². The molecule has 1 rings (SSSR count). The molecule has 22 heavy (non-hydrogen) atoms. The first-order valence-electron chi connectivity index (χ1n) is 6.89. The van der Waals surface area contributed by atoms with Crippen LogP contribution in [0.2, 0.25) is 5.02 Å². The summed E-state index contributed by atoms with van der Waals surface area (Å²) < 4.78 is 0. The first-order valence-corrected chi connectivity index (χ1v) is 7.26. The van der Waals surface area contributed by atoms with Gasteiger partial charge in [0.2, 0.25) is 11.8 Å². The van der Waals surface area contributed by atoms with Crippen LogP contribution in [0.15, 0.2) is 24.3 Å². The molecular weight excluding hydrogens is 325 g/mol. The molecule has 0 saturated heterocycles. The number of carbonyl (C=O) groups excluding carboxylic acids is 2. The summed E-state index contributed by atoms with van der Waals surface area (Å²) in [6, 6.07) is 6.95. The maximum absolute atomic E-state index is 12.0. The van der Waals surface area contributed by atoms with Crippen molar-refractivity contribution in [1.29, 1.82) is 0 Å². The monoisotopic (exact) mass is 347 g/mol. The van der Waals surface area contributed by atoms with Crippen molar-refractivity contribution in [3.63, 3.8) is 0 Å². The zero-order chi connectivity index (χ0) is 15.8. The van der Waals surface area contributed by atoms with Crippen molar-refractivity contribution in [2.24, 2.45) is 0 Å². The van der Waals surface area contributed by atoms with Crippen LogP contribution < -0.4 is 16.0 Å². The normalized spacial score (nSPS) is 12.7. The highest BCUT2D eigenvalue weighted by molar-refractivity contribution is 6.30. The Morgan fingerprint density at radius 2 is 1.82 bits per heavy atom. The van der Waals surface area contributed by atoms with E-state index >= 15 is 0 Å². The third-order valence-corrected chi connectivity index (χ3v) is 3.39. The Kier molecular flexibility index (Phi) is 9.81. The number of likely N-dealkylation sites (N-methyl/N-ethyl adjacent to an activating group) is 1. The predicted octanol–water partition coefficient (Wildman–Crippen LogP) is 2.05. The summed E-state index contributed by atoms with van der Waals surface area (Å²) in [5, 5.41) is 9.29. The zero-order valence-corrected chi connectivity index (χ0v) is 14.6. The Morgan fingerprint density at radius 1 is 1.23 bits per heavy atom. The minimum Gasteiger partial charge on any atom is -0.354 e. The van der Waals surface area contributed by atoms with Crippen LogP contribution >= 0.6 is 24.0 Å². The van der Waals surface area contributed by atoms with Crippen LogP contribution in [0.5, 0.6) is 0 Å². The first kappa shape index (κ1) is 20.7. The number of amides is 2. The molecule has 5 nitrogen and oxygen atoms in total. The number of rotatable bonds is 7. The van der Waals surface area contributed by atoms with E-state index in [0.717, 1.165) is 5.56 Å². The molecule has 0 heterocycles. The van der Waals surface area contributed by atoms with Gasteiger partial charge in [0.1, 0.15) is 0 Å². The van der Waals surface area contributed by atoms with E-state index in [-0.39, 0.29) is 42.7 Å². The second-order valence-corrected chi connectivity index (χ2v) is 5.44. The smallest absolute Gasteiger partial charge is 0.222 e. The SMILES string of the molecule is CNC(C)CNC(=O)CC(NC(C)=O)c1ccc(Cl)cc1.Cl. The average Bonchev–Trinajstić information content (AvgIpc) is 2.44. The molecule has 3 N–H and O–H groups in total. The fourth-order valence-electron chi connectivity index (χ4n) is 1.82. The van der Waals surface area contributed by atoms with E-state index in [4.69, 9.17) is 11.6 Å². The van der Waals surface area contributed by atoms with Gasteiger partial charge in [-0.1, -0.05) is 23.7 Å². The molecular formula is C15H23Cl2N3O2. The molecule has 2 unspecified atom stereocenters. The van der Waals surface area contributed by atoms with Gasteiger partial charge in [0.05, 0.1) is 12.5 Å². The highest BCUT2D eigenvalue weighted by atomic mass is 35.5. The Hall–Kier alpha value is -1.30. The Bertz CT molecular complexity index is 480. The minimum atomic E-state index is -0.357. The van der Waals surface area contributed by atoms with Gasteiger partial charge < -0.3 is 16.0 Å². The van der Waals surface area contributed by atoms with Gasteiger partial charge in [0.15, 0.2) is 0 Å². The molecule has 0 fully saturated rings. The highest BCUT2D eigenvalue weighted by Gasteiger charge is 2.17. The minimum absolute atomic E-state index is 0. The molecule has 0 aliphatic carbocycles. The summed E-state index contributed by atoms with van der Waals surface area (Å²) >= 11 is 5.85. The van der Waals surface area contributed by atoms with Crippen LogP contribution in [-0.4, -0.2) is 31.4 Å². The van der Waals surface area contributed by atoms with Gasteiger partial charge in [0, 0.05) is 24.5 Å². The molecule has 0 aliphatic rings. The van der Waals surface area contributed by atoms with E-state index in [0.29, 0.717) is 11.6 Å². The van der Waals surface area contributed by atoms with Crippen LogP contribution in [-0.2, 0) is 9.59 Å². The van der Waals surface area contributed by atoms with Gasteiger partial charge in [-0.2, -0.15) is 0 Å². The lowest BCUT2D eigenvalue weighted by molar-refractivity contribution is -0.122. The number of benzene rings is 1. The number of hydrogen-bond acceptors (Lipinski definition) is 3. The Labute approximate surface area is 142 Å². The lowest BCUT2D eigenvalue weighted by Gasteiger charge is -2.19. The standard InChI is InChI=1S/C15H22ClN3O2.ClH/c1-10(17-3)9-18-15(21)8-14(19-11(2)20)12-4-6-13(16)7-5-12;/h4-7,10,14,17H,8-9H2,1-3H3,(H,18,21)(H,19,20);1H. The molecule has 0 aromatic heterocycles. The third-order valence-electron chi connectivity index (χ3n) is 3.14. The van der Waals surface area contributed by atoms with E-state index in [9.17, 15) is 9.59 Å². The van der Waals surface area contributed by atoms with Crippen molar-refractivity contribution in [1.82, 2.24) is 16.0 Å². The van der Waals surface area contributed by atoms with Gasteiger partial charge in [-0.3, -0.25) is 9.59 Å². The molecule has 7 heteroatoms. The van der Waals surface area contributed by atoms with Crippen molar-refractivity contribution >= 4 is 35.8 Å². The second-order valence-electron chi connectivity index (χ2n) is 5.00. The summed E-state index contributed by atoms with van der Waals surface area (Å²) in [4.78, 5) is 23.3. The lowest BCUT2D eigenvalue weighted by atomic mass is 10.0. The first-order chi connectivity index (χ1) is 9.92. The molecule has 1 aromatic rings. The van der Waals surface area contributed by atoms with E-state index < -0.39 is 0 Å². The van der Waals surface area contributed by atoms with Crippen LogP contribution in [0.1, 0.15) is 31.9 Å². The van der Waals surface area contributed by atoms with Gasteiger partial charge in [0.25, 0.3) is 0 Å². The highest BCUT2D eigenvalue weighted by Crippen LogP contribution is 2.19. The van der Waals surface area contributed by atoms with Gasteiger partial charge in [-0.15, -0.1) is 12.4 Å². The van der Waals surface area contributed by atoms with Crippen LogP contribution in [0.25, 0.3) is 0 Å². The predicted molar refractivity (Wildman–Crippen MR) is 91.4 cm³/mol. The number of carbonyl (C=O) groups is 2. The summed E-state index contributed by atoms with van der Waals surface area (Å²) in [6.45, 7) is 3.96. The fraction of sp³-hybridized carbons (Fsp3) is 0.467. The number of halogens is 2. The summed E-state index contributed by atoms with van der Waals surface area (Å²) in [6.07, 6.45) is 0.192. The van der Waals surface area contributed by atoms with Gasteiger partial charge in [-0.25, -0.2) is 0 Å². The van der Waals surface area contributed by atoms with Gasteiger partial charge in [-0.05, 0) is 31.7 Å².